The zero-order chi connectivity index (χ0) is 15.1. The van der Waals surface area contributed by atoms with Crippen molar-refractivity contribution in [2.24, 2.45) is 0 Å². The van der Waals surface area contributed by atoms with Gasteiger partial charge in [-0.15, -0.1) is 0 Å². The number of anilines is 1. The van der Waals surface area contributed by atoms with Crippen molar-refractivity contribution in [3.63, 3.8) is 0 Å². The molecule has 6 heteroatoms. The smallest absolute Gasteiger partial charge is 0.255 e. The SMILES string of the molecule is CCCNc1cc(C(=O)N(C)C(C)COC)c(Cl)cn1. The number of carbonyl (C=O) groups is 1. The van der Waals surface area contributed by atoms with Crippen LogP contribution in [0.4, 0.5) is 5.82 Å². The van der Waals surface area contributed by atoms with Crippen LogP contribution in [0.1, 0.15) is 30.6 Å². The minimum atomic E-state index is -0.138. The number of nitrogens with zero attached hydrogens (tertiary/aromatic N) is 2. The van der Waals surface area contributed by atoms with Gasteiger partial charge in [0.15, 0.2) is 0 Å². The Balaban J connectivity index is 2.90. The molecule has 1 rings (SSSR count). The molecule has 1 amide bonds. The number of pyridine rings is 1. The predicted molar refractivity (Wildman–Crippen MR) is 81.5 cm³/mol. The van der Waals surface area contributed by atoms with Gasteiger partial charge < -0.3 is 15.0 Å². The molecule has 0 aromatic carbocycles. The van der Waals surface area contributed by atoms with Gasteiger partial charge >= 0.3 is 0 Å². The average molecular weight is 300 g/mol. The lowest BCUT2D eigenvalue weighted by Gasteiger charge is -2.24. The molecule has 1 unspecified atom stereocenters. The van der Waals surface area contributed by atoms with Gasteiger partial charge in [0.05, 0.1) is 23.2 Å². The van der Waals surface area contributed by atoms with E-state index in [1.165, 1.54) is 6.20 Å². The maximum Gasteiger partial charge on any atom is 0.255 e. The first-order chi connectivity index (χ1) is 9.51. The predicted octanol–water partition coefficient (Wildman–Crippen LogP) is 2.66. The van der Waals surface area contributed by atoms with Crippen LogP contribution in [0, 0.1) is 0 Å². The molecule has 0 fully saturated rings. The van der Waals surface area contributed by atoms with E-state index in [2.05, 4.69) is 17.2 Å². The number of halogens is 1. The Morgan fingerprint density at radius 3 is 2.90 bits per heavy atom. The van der Waals surface area contributed by atoms with Crippen molar-refractivity contribution in [1.82, 2.24) is 9.88 Å². The number of amides is 1. The molecular formula is C14H22ClN3O2. The highest BCUT2D eigenvalue weighted by molar-refractivity contribution is 6.33. The van der Waals surface area contributed by atoms with Gasteiger partial charge in [-0.1, -0.05) is 18.5 Å². The molecule has 0 aliphatic rings. The second-order valence-electron chi connectivity index (χ2n) is 4.70. The van der Waals surface area contributed by atoms with E-state index in [4.69, 9.17) is 16.3 Å². The molecule has 1 N–H and O–H groups in total. The second-order valence-corrected chi connectivity index (χ2v) is 5.10. The quantitative estimate of drug-likeness (QED) is 0.841. The number of methoxy groups -OCH3 is 1. The molecule has 0 bridgehead atoms. The fourth-order valence-electron chi connectivity index (χ4n) is 1.70. The van der Waals surface area contributed by atoms with Crippen LogP contribution >= 0.6 is 11.6 Å². The van der Waals surface area contributed by atoms with Gasteiger partial charge in [-0.3, -0.25) is 4.79 Å². The van der Waals surface area contributed by atoms with Gasteiger partial charge in [0.2, 0.25) is 0 Å². The molecule has 1 atom stereocenters. The number of rotatable bonds is 7. The van der Waals surface area contributed by atoms with Crippen LogP contribution in [0.15, 0.2) is 12.3 Å². The fraction of sp³-hybridized carbons (Fsp3) is 0.571. The minimum absolute atomic E-state index is 0.0243. The maximum absolute atomic E-state index is 12.4. The summed E-state index contributed by atoms with van der Waals surface area (Å²) in [5, 5.41) is 3.50. The zero-order valence-corrected chi connectivity index (χ0v) is 13.2. The van der Waals surface area contributed by atoms with Crippen LogP contribution in [-0.4, -0.2) is 49.1 Å². The normalized spacial score (nSPS) is 12.1. The van der Waals surface area contributed by atoms with Crippen LogP contribution in [0.3, 0.4) is 0 Å². The van der Waals surface area contributed by atoms with Gasteiger partial charge in [0.1, 0.15) is 5.82 Å². The van der Waals surface area contributed by atoms with E-state index in [0.717, 1.165) is 13.0 Å². The van der Waals surface area contributed by atoms with E-state index < -0.39 is 0 Å². The van der Waals surface area contributed by atoms with Gasteiger partial charge in [0, 0.05) is 26.9 Å². The van der Waals surface area contributed by atoms with E-state index in [9.17, 15) is 4.79 Å². The number of likely N-dealkylation sites (N-methyl/N-ethyl adjacent to an activating group) is 1. The third-order valence-corrected chi connectivity index (χ3v) is 3.33. The van der Waals surface area contributed by atoms with Crippen LogP contribution in [0.2, 0.25) is 5.02 Å². The molecule has 0 spiro atoms. The third kappa shape index (κ3) is 4.35. The number of nitrogens with one attached hydrogen (secondary N) is 1. The van der Waals surface area contributed by atoms with Crippen LogP contribution in [0.5, 0.6) is 0 Å². The summed E-state index contributed by atoms with van der Waals surface area (Å²) in [6.07, 6.45) is 2.49. The van der Waals surface area contributed by atoms with E-state index >= 15 is 0 Å². The third-order valence-electron chi connectivity index (χ3n) is 3.03. The fourth-order valence-corrected chi connectivity index (χ4v) is 1.88. The van der Waals surface area contributed by atoms with E-state index in [1.54, 1.807) is 25.1 Å². The van der Waals surface area contributed by atoms with Crippen molar-refractivity contribution in [3.8, 4) is 0 Å². The van der Waals surface area contributed by atoms with Gasteiger partial charge in [-0.05, 0) is 19.4 Å². The summed E-state index contributed by atoms with van der Waals surface area (Å²) in [7, 11) is 3.35. The van der Waals surface area contributed by atoms with Crippen molar-refractivity contribution in [2.45, 2.75) is 26.3 Å². The molecule has 112 valence electrons. The maximum atomic E-state index is 12.4. The summed E-state index contributed by atoms with van der Waals surface area (Å²) in [4.78, 5) is 18.2. The van der Waals surface area contributed by atoms with Crippen LogP contribution in [0.25, 0.3) is 0 Å². The van der Waals surface area contributed by atoms with Crippen molar-refractivity contribution in [1.29, 1.82) is 0 Å². The van der Waals surface area contributed by atoms with E-state index in [-0.39, 0.29) is 11.9 Å². The molecule has 0 saturated heterocycles. The van der Waals surface area contributed by atoms with Crippen LogP contribution in [-0.2, 0) is 4.74 Å². The number of hydrogen-bond donors (Lipinski definition) is 1. The molecule has 20 heavy (non-hydrogen) atoms. The lowest BCUT2D eigenvalue weighted by molar-refractivity contribution is 0.0633. The minimum Gasteiger partial charge on any atom is -0.383 e. The highest BCUT2D eigenvalue weighted by Crippen LogP contribution is 2.20. The second kappa shape index (κ2) is 8.07. The Kier molecular flexibility index (Phi) is 6.75. The molecule has 5 nitrogen and oxygen atoms in total. The first kappa shape index (κ1) is 16.7. The van der Waals surface area contributed by atoms with Gasteiger partial charge in [0.25, 0.3) is 5.91 Å². The van der Waals surface area contributed by atoms with Crippen molar-refractivity contribution in [3.05, 3.63) is 22.8 Å². The lowest BCUT2D eigenvalue weighted by atomic mass is 10.2. The molecular weight excluding hydrogens is 278 g/mol. The number of aromatic nitrogens is 1. The topological polar surface area (TPSA) is 54.5 Å². The van der Waals surface area contributed by atoms with E-state index in [1.807, 2.05) is 6.92 Å². The summed E-state index contributed by atoms with van der Waals surface area (Å²) >= 11 is 6.08. The highest BCUT2D eigenvalue weighted by atomic mass is 35.5. The first-order valence-electron chi connectivity index (χ1n) is 6.66. The molecule has 0 radical (unpaired) electrons. The van der Waals surface area contributed by atoms with Gasteiger partial charge in [-0.2, -0.15) is 0 Å². The number of ether oxygens (including phenoxy) is 1. The number of carbonyl (C=O) groups excluding carboxylic acids is 1. The lowest BCUT2D eigenvalue weighted by Crippen LogP contribution is -2.38. The average Bonchev–Trinajstić information content (AvgIpc) is 2.45. The highest BCUT2D eigenvalue weighted by Gasteiger charge is 2.20. The molecule has 1 heterocycles. The van der Waals surface area contributed by atoms with Crippen molar-refractivity contribution in [2.75, 3.05) is 32.6 Å². The Bertz CT molecular complexity index is 454. The summed E-state index contributed by atoms with van der Waals surface area (Å²) in [6, 6.07) is 1.67. The molecule has 0 saturated carbocycles. The summed E-state index contributed by atoms with van der Waals surface area (Å²) in [6.45, 7) is 5.27. The molecule has 1 aromatic heterocycles. The van der Waals surface area contributed by atoms with Crippen molar-refractivity contribution >= 4 is 23.3 Å². The molecule has 0 aliphatic heterocycles. The van der Waals surface area contributed by atoms with Crippen LogP contribution < -0.4 is 5.32 Å². The number of hydrogen-bond acceptors (Lipinski definition) is 4. The first-order valence-corrected chi connectivity index (χ1v) is 7.04. The summed E-state index contributed by atoms with van der Waals surface area (Å²) in [5.74, 6) is 0.522. The van der Waals surface area contributed by atoms with E-state index in [0.29, 0.717) is 23.0 Å². The van der Waals surface area contributed by atoms with Gasteiger partial charge in [-0.25, -0.2) is 4.98 Å². The van der Waals surface area contributed by atoms with Crippen molar-refractivity contribution < 1.29 is 9.53 Å². The monoisotopic (exact) mass is 299 g/mol. The Morgan fingerprint density at radius 2 is 2.30 bits per heavy atom. The Morgan fingerprint density at radius 1 is 1.60 bits per heavy atom. The summed E-state index contributed by atoms with van der Waals surface area (Å²) in [5.41, 5.74) is 0.450. The molecule has 1 aromatic rings. The zero-order valence-electron chi connectivity index (χ0n) is 12.4. The summed E-state index contributed by atoms with van der Waals surface area (Å²) < 4.78 is 5.07. The Hall–Kier alpha value is -1.33. The Labute approximate surface area is 125 Å². The molecule has 0 aliphatic carbocycles. The largest absolute Gasteiger partial charge is 0.383 e. The standard InChI is InChI=1S/C14H22ClN3O2/c1-5-6-16-13-7-11(12(15)8-17-13)14(19)18(3)10(2)9-20-4/h7-8,10H,5-6,9H2,1-4H3,(H,16,17).